The molecule has 0 aliphatic carbocycles. The van der Waals surface area contributed by atoms with Gasteiger partial charge in [0, 0.05) is 5.69 Å². The molecule has 6 nitrogen and oxygen atoms in total. The third kappa shape index (κ3) is 3.23. The number of hydrogen-bond donors (Lipinski definition) is 2. The molecule has 0 atom stereocenters. The van der Waals surface area contributed by atoms with Crippen LogP contribution in [0.4, 0.5) is 5.69 Å². The van der Waals surface area contributed by atoms with E-state index in [2.05, 4.69) is 20.5 Å². The molecule has 0 radical (unpaired) electrons. The van der Waals surface area contributed by atoms with Gasteiger partial charge >= 0.3 is 0 Å². The van der Waals surface area contributed by atoms with E-state index >= 15 is 0 Å². The fraction of sp³-hybridized carbons (Fsp3) is 0.250. The average Bonchev–Trinajstić information content (AvgIpc) is 2.80. The first-order valence-corrected chi connectivity index (χ1v) is 6.10. The molecule has 1 amide bonds. The molecule has 0 saturated heterocycles. The Morgan fingerprint density at radius 1 is 1.53 bits per heavy atom. The zero-order valence-corrected chi connectivity index (χ0v) is 11.3. The Morgan fingerprint density at radius 2 is 2.32 bits per heavy atom. The summed E-state index contributed by atoms with van der Waals surface area (Å²) in [5, 5.41) is 9.47. The zero-order valence-electron chi connectivity index (χ0n) is 10.5. The lowest BCUT2D eigenvalue weighted by Crippen LogP contribution is -2.13. The van der Waals surface area contributed by atoms with Gasteiger partial charge in [0.1, 0.15) is 11.6 Å². The van der Waals surface area contributed by atoms with Crippen molar-refractivity contribution in [2.45, 2.75) is 13.8 Å². The molecule has 19 heavy (non-hydrogen) atoms. The Bertz CT molecular complexity index is 597. The van der Waals surface area contributed by atoms with Crippen LogP contribution in [0.2, 0.25) is 5.02 Å². The number of anilines is 1. The molecular formula is C12H13ClN4O2. The van der Waals surface area contributed by atoms with E-state index in [1.807, 2.05) is 6.92 Å². The fourth-order valence-electron chi connectivity index (χ4n) is 1.48. The van der Waals surface area contributed by atoms with Crippen molar-refractivity contribution in [3.8, 4) is 5.75 Å². The molecule has 100 valence electrons. The number of amides is 1. The first-order chi connectivity index (χ1) is 9.10. The predicted molar refractivity (Wildman–Crippen MR) is 71.7 cm³/mol. The molecule has 0 saturated carbocycles. The van der Waals surface area contributed by atoms with Crippen LogP contribution in [-0.4, -0.2) is 27.7 Å². The van der Waals surface area contributed by atoms with Crippen LogP contribution in [0.15, 0.2) is 18.2 Å². The van der Waals surface area contributed by atoms with Crippen LogP contribution >= 0.6 is 11.6 Å². The summed E-state index contributed by atoms with van der Waals surface area (Å²) >= 11 is 6.03. The molecule has 2 N–H and O–H groups in total. The molecular weight excluding hydrogens is 268 g/mol. The van der Waals surface area contributed by atoms with Crippen LogP contribution in [0.5, 0.6) is 5.75 Å². The van der Waals surface area contributed by atoms with Crippen LogP contribution in [0.1, 0.15) is 23.4 Å². The summed E-state index contributed by atoms with van der Waals surface area (Å²) in [5.74, 6) is 0.845. The Labute approximate surface area is 115 Å². The van der Waals surface area contributed by atoms with E-state index in [0.717, 1.165) is 0 Å². The number of hydrogen-bond acceptors (Lipinski definition) is 4. The standard InChI is InChI=1S/C12H13ClN4O2/c1-3-19-10-5-4-8(6-9(10)13)15-12(18)11-14-7(2)16-17-11/h4-6H,3H2,1-2H3,(H,15,18)(H,14,16,17). The summed E-state index contributed by atoms with van der Waals surface area (Å²) in [6.45, 7) is 4.12. The zero-order chi connectivity index (χ0) is 13.8. The van der Waals surface area contributed by atoms with Crippen molar-refractivity contribution in [2.24, 2.45) is 0 Å². The SMILES string of the molecule is CCOc1ccc(NC(=O)c2n[nH]c(C)n2)cc1Cl. The van der Waals surface area contributed by atoms with Gasteiger partial charge in [-0.1, -0.05) is 11.6 Å². The van der Waals surface area contributed by atoms with Crippen molar-refractivity contribution in [1.29, 1.82) is 0 Å². The summed E-state index contributed by atoms with van der Waals surface area (Å²) in [5.41, 5.74) is 0.556. The molecule has 7 heteroatoms. The third-order valence-corrected chi connectivity index (χ3v) is 2.59. The van der Waals surface area contributed by atoms with Crippen molar-refractivity contribution in [1.82, 2.24) is 15.2 Å². The van der Waals surface area contributed by atoms with Gasteiger partial charge in [-0.25, -0.2) is 4.98 Å². The lowest BCUT2D eigenvalue weighted by atomic mass is 10.3. The van der Waals surface area contributed by atoms with Gasteiger partial charge in [-0.05, 0) is 32.0 Å². The van der Waals surface area contributed by atoms with Crippen LogP contribution in [-0.2, 0) is 0 Å². The molecule has 0 fully saturated rings. The van der Waals surface area contributed by atoms with Gasteiger partial charge in [0.05, 0.1) is 11.6 Å². The molecule has 2 rings (SSSR count). The summed E-state index contributed by atoms with van der Waals surface area (Å²) in [6, 6.07) is 5.02. The number of aryl methyl sites for hydroxylation is 1. The number of aromatic amines is 1. The first-order valence-electron chi connectivity index (χ1n) is 5.73. The highest BCUT2D eigenvalue weighted by molar-refractivity contribution is 6.32. The van der Waals surface area contributed by atoms with E-state index in [9.17, 15) is 4.79 Å². The highest BCUT2D eigenvalue weighted by Crippen LogP contribution is 2.27. The number of ether oxygens (including phenoxy) is 1. The molecule has 1 heterocycles. The molecule has 0 aliphatic rings. The molecule has 2 aromatic rings. The summed E-state index contributed by atoms with van der Waals surface area (Å²) in [6.07, 6.45) is 0. The molecule has 1 aromatic heterocycles. The highest BCUT2D eigenvalue weighted by Gasteiger charge is 2.12. The second-order valence-corrected chi connectivity index (χ2v) is 4.18. The molecule has 0 spiro atoms. The van der Waals surface area contributed by atoms with Gasteiger partial charge in [0.25, 0.3) is 5.91 Å². The minimum absolute atomic E-state index is 0.0857. The van der Waals surface area contributed by atoms with Crippen molar-refractivity contribution < 1.29 is 9.53 Å². The van der Waals surface area contributed by atoms with Gasteiger partial charge in [0.15, 0.2) is 0 Å². The summed E-state index contributed by atoms with van der Waals surface area (Å²) in [4.78, 5) is 15.8. The largest absolute Gasteiger partial charge is 0.492 e. The van der Waals surface area contributed by atoms with E-state index in [-0.39, 0.29) is 5.82 Å². The normalized spacial score (nSPS) is 10.3. The van der Waals surface area contributed by atoms with E-state index in [1.54, 1.807) is 25.1 Å². The number of aromatic nitrogens is 3. The van der Waals surface area contributed by atoms with Gasteiger partial charge in [0.2, 0.25) is 5.82 Å². The summed E-state index contributed by atoms with van der Waals surface area (Å²) < 4.78 is 5.31. The van der Waals surface area contributed by atoms with E-state index in [1.165, 1.54) is 0 Å². The van der Waals surface area contributed by atoms with Crippen molar-refractivity contribution in [3.63, 3.8) is 0 Å². The number of carbonyl (C=O) groups excluding carboxylic acids is 1. The maximum atomic E-state index is 11.8. The number of rotatable bonds is 4. The number of carbonyl (C=O) groups is 1. The molecule has 0 aliphatic heterocycles. The second-order valence-electron chi connectivity index (χ2n) is 3.78. The van der Waals surface area contributed by atoms with Crippen LogP contribution in [0, 0.1) is 6.92 Å². The van der Waals surface area contributed by atoms with E-state index in [4.69, 9.17) is 16.3 Å². The number of nitrogens with zero attached hydrogens (tertiary/aromatic N) is 2. The minimum Gasteiger partial charge on any atom is -0.492 e. The lowest BCUT2D eigenvalue weighted by molar-refractivity contribution is 0.101. The number of halogens is 1. The van der Waals surface area contributed by atoms with Gasteiger partial charge < -0.3 is 10.1 Å². The quantitative estimate of drug-likeness (QED) is 0.901. The first kappa shape index (κ1) is 13.4. The van der Waals surface area contributed by atoms with Gasteiger partial charge in [-0.3, -0.25) is 9.89 Å². The topological polar surface area (TPSA) is 79.9 Å². The predicted octanol–water partition coefficient (Wildman–Crippen LogP) is 2.42. The monoisotopic (exact) mass is 280 g/mol. The number of H-pyrrole nitrogens is 1. The minimum atomic E-state index is -0.399. The number of benzene rings is 1. The Balaban J connectivity index is 2.11. The molecule has 0 unspecified atom stereocenters. The lowest BCUT2D eigenvalue weighted by Gasteiger charge is -2.08. The highest BCUT2D eigenvalue weighted by atomic mass is 35.5. The Morgan fingerprint density at radius 3 is 2.89 bits per heavy atom. The van der Waals surface area contributed by atoms with E-state index in [0.29, 0.717) is 28.9 Å². The van der Waals surface area contributed by atoms with Gasteiger partial charge in [-0.15, -0.1) is 5.10 Å². The number of nitrogens with one attached hydrogen (secondary N) is 2. The molecule has 1 aromatic carbocycles. The van der Waals surface area contributed by atoms with E-state index < -0.39 is 5.91 Å². The second kappa shape index (κ2) is 5.71. The van der Waals surface area contributed by atoms with Gasteiger partial charge in [-0.2, -0.15) is 0 Å². The molecule has 0 bridgehead atoms. The Kier molecular flexibility index (Phi) is 4.01. The van der Waals surface area contributed by atoms with Crippen LogP contribution < -0.4 is 10.1 Å². The van der Waals surface area contributed by atoms with Crippen molar-refractivity contribution in [2.75, 3.05) is 11.9 Å². The fourth-order valence-corrected chi connectivity index (χ4v) is 1.72. The maximum absolute atomic E-state index is 11.8. The van der Waals surface area contributed by atoms with Crippen molar-refractivity contribution >= 4 is 23.2 Å². The Hall–Kier alpha value is -2.08. The summed E-state index contributed by atoms with van der Waals surface area (Å²) in [7, 11) is 0. The van der Waals surface area contributed by atoms with Crippen LogP contribution in [0.3, 0.4) is 0 Å². The van der Waals surface area contributed by atoms with Crippen LogP contribution in [0.25, 0.3) is 0 Å². The smallest absolute Gasteiger partial charge is 0.295 e. The average molecular weight is 281 g/mol. The third-order valence-electron chi connectivity index (χ3n) is 2.29. The van der Waals surface area contributed by atoms with Crippen molar-refractivity contribution in [3.05, 3.63) is 34.9 Å². The maximum Gasteiger partial charge on any atom is 0.295 e.